The summed E-state index contributed by atoms with van der Waals surface area (Å²) in [4.78, 5) is 24.1. The molecule has 7 nitrogen and oxygen atoms in total. The van der Waals surface area contributed by atoms with Crippen molar-refractivity contribution in [3.05, 3.63) is 33.9 Å². The molecular formula is C14H16N4O3. The van der Waals surface area contributed by atoms with Gasteiger partial charge < -0.3 is 10.2 Å². The third-order valence-corrected chi connectivity index (χ3v) is 3.49. The van der Waals surface area contributed by atoms with Gasteiger partial charge in [-0.3, -0.25) is 14.9 Å². The van der Waals surface area contributed by atoms with Crippen LogP contribution in [0.15, 0.2) is 18.2 Å². The Labute approximate surface area is 122 Å². The minimum atomic E-state index is -0.596. The van der Waals surface area contributed by atoms with Crippen LogP contribution in [0.1, 0.15) is 25.3 Å². The zero-order chi connectivity index (χ0) is 15.4. The van der Waals surface area contributed by atoms with Crippen LogP contribution in [-0.2, 0) is 4.79 Å². The van der Waals surface area contributed by atoms with E-state index in [1.165, 1.54) is 18.2 Å². The van der Waals surface area contributed by atoms with Crippen molar-refractivity contribution < 1.29 is 9.72 Å². The number of nitro groups is 1. The normalized spacial score (nSPS) is 15.3. The lowest BCUT2D eigenvalue weighted by Crippen LogP contribution is -2.39. The van der Waals surface area contributed by atoms with Crippen LogP contribution in [0.4, 0.5) is 11.4 Å². The van der Waals surface area contributed by atoms with Crippen molar-refractivity contribution in [3.63, 3.8) is 0 Å². The maximum absolute atomic E-state index is 12.2. The number of nitro benzene ring substituents is 1. The zero-order valence-corrected chi connectivity index (χ0v) is 11.7. The fraction of sp³-hybridized carbons (Fsp3) is 0.429. The first-order chi connectivity index (χ1) is 10.0. The fourth-order valence-electron chi connectivity index (χ4n) is 2.40. The third kappa shape index (κ3) is 3.28. The van der Waals surface area contributed by atoms with Crippen LogP contribution in [0.5, 0.6) is 0 Å². The Hall–Kier alpha value is -2.62. The molecule has 1 aliphatic rings. The first-order valence-corrected chi connectivity index (χ1v) is 6.77. The Morgan fingerprint density at radius 2 is 2.14 bits per heavy atom. The molecule has 1 saturated heterocycles. The Morgan fingerprint density at radius 3 is 2.71 bits per heavy atom. The van der Waals surface area contributed by atoms with Gasteiger partial charge in [0.1, 0.15) is 17.7 Å². The fourth-order valence-corrected chi connectivity index (χ4v) is 2.40. The second-order valence-electron chi connectivity index (χ2n) is 5.00. The number of rotatable bonds is 4. The highest BCUT2D eigenvalue weighted by molar-refractivity contribution is 5.84. The molecular weight excluding hydrogens is 272 g/mol. The lowest BCUT2D eigenvalue weighted by Gasteiger charge is -2.21. The molecule has 21 heavy (non-hydrogen) atoms. The molecule has 1 aromatic carbocycles. The number of anilines is 1. The maximum atomic E-state index is 12.2. The van der Waals surface area contributed by atoms with Crippen molar-refractivity contribution >= 4 is 17.3 Å². The van der Waals surface area contributed by atoms with Gasteiger partial charge in [-0.05, 0) is 31.9 Å². The molecule has 7 heteroatoms. The number of benzene rings is 1. The van der Waals surface area contributed by atoms with Crippen LogP contribution in [0, 0.1) is 21.4 Å². The molecule has 110 valence electrons. The van der Waals surface area contributed by atoms with Crippen molar-refractivity contribution in [1.29, 1.82) is 5.26 Å². The third-order valence-electron chi connectivity index (χ3n) is 3.49. The molecule has 1 unspecified atom stereocenters. The standard InChI is InChI=1S/C14H16N4O3/c1-10(14(19)17-6-2-3-7-17)16-12-4-5-13(18(20)21)11(8-12)9-15/h4-5,8,10,16H,2-3,6-7H2,1H3. The van der Waals surface area contributed by atoms with Gasteiger partial charge >= 0.3 is 0 Å². The van der Waals surface area contributed by atoms with Crippen LogP contribution in [0.3, 0.4) is 0 Å². The number of likely N-dealkylation sites (tertiary alicyclic amines) is 1. The summed E-state index contributed by atoms with van der Waals surface area (Å²) < 4.78 is 0. The molecule has 0 aromatic heterocycles. The number of nitrogens with one attached hydrogen (secondary N) is 1. The smallest absolute Gasteiger partial charge is 0.287 e. The molecule has 1 amide bonds. The topological polar surface area (TPSA) is 99.3 Å². The van der Waals surface area contributed by atoms with Gasteiger partial charge in [-0.1, -0.05) is 0 Å². The Bertz CT molecular complexity index is 603. The maximum Gasteiger partial charge on any atom is 0.287 e. The molecule has 1 atom stereocenters. The second kappa shape index (κ2) is 6.22. The SMILES string of the molecule is CC(Nc1ccc([N+](=O)[O-])c(C#N)c1)C(=O)N1CCCC1. The minimum absolute atomic E-state index is 0.00404. The predicted octanol–water partition coefficient (Wildman–Crippen LogP) is 1.89. The van der Waals surface area contributed by atoms with Crippen LogP contribution in [-0.4, -0.2) is 34.9 Å². The van der Waals surface area contributed by atoms with Gasteiger partial charge in [0.25, 0.3) is 5.69 Å². The molecule has 0 radical (unpaired) electrons. The number of hydrogen-bond donors (Lipinski definition) is 1. The summed E-state index contributed by atoms with van der Waals surface area (Å²) in [5, 5.41) is 22.7. The number of amides is 1. The van der Waals surface area contributed by atoms with Gasteiger partial charge in [0, 0.05) is 24.8 Å². The molecule has 0 saturated carbocycles. The summed E-state index contributed by atoms with van der Waals surface area (Å²) in [6, 6.07) is 5.54. The molecule has 1 heterocycles. The van der Waals surface area contributed by atoms with Crippen LogP contribution in [0.2, 0.25) is 0 Å². The minimum Gasteiger partial charge on any atom is -0.374 e. The number of hydrogen-bond acceptors (Lipinski definition) is 5. The molecule has 1 aromatic rings. The number of carbonyl (C=O) groups excluding carboxylic acids is 1. The van der Waals surface area contributed by atoms with E-state index in [9.17, 15) is 14.9 Å². The lowest BCUT2D eigenvalue weighted by molar-refractivity contribution is -0.385. The van der Waals surface area contributed by atoms with Gasteiger partial charge in [0.15, 0.2) is 0 Å². The first kappa shape index (κ1) is 14.8. The monoisotopic (exact) mass is 288 g/mol. The number of nitrogens with zero attached hydrogens (tertiary/aromatic N) is 3. The molecule has 1 aliphatic heterocycles. The van der Waals surface area contributed by atoms with E-state index in [0.29, 0.717) is 5.69 Å². The van der Waals surface area contributed by atoms with E-state index in [-0.39, 0.29) is 17.2 Å². The van der Waals surface area contributed by atoms with Gasteiger partial charge in [0.05, 0.1) is 4.92 Å². The molecule has 0 spiro atoms. The van der Waals surface area contributed by atoms with Crippen LogP contribution < -0.4 is 5.32 Å². The summed E-state index contributed by atoms with van der Waals surface area (Å²) in [5.74, 6) is 0.00404. The zero-order valence-electron chi connectivity index (χ0n) is 11.7. The van der Waals surface area contributed by atoms with E-state index >= 15 is 0 Å². The van der Waals surface area contributed by atoms with Crippen molar-refractivity contribution in [2.45, 2.75) is 25.8 Å². The Morgan fingerprint density at radius 1 is 1.48 bits per heavy atom. The first-order valence-electron chi connectivity index (χ1n) is 6.77. The van der Waals surface area contributed by atoms with E-state index in [0.717, 1.165) is 25.9 Å². The summed E-state index contributed by atoms with van der Waals surface area (Å²) in [6.07, 6.45) is 2.04. The van der Waals surface area contributed by atoms with E-state index < -0.39 is 11.0 Å². The molecule has 1 fully saturated rings. The Kier molecular flexibility index (Phi) is 4.38. The average molecular weight is 288 g/mol. The predicted molar refractivity (Wildman–Crippen MR) is 76.7 cm³/mol. The van der Waals surface area contributed by atoms with Gasteiger partial charge in [-0.15, -0.1) is 0 Å². The summed E-state index contributed by atoms with van der Waals surface area (Å²) in [6.45, 7) is 3.29. The highest BCUT2D eigenvalue weighted by Gasteiger charge is 2.23. The van der Waals surface area contributed by atoms with E-state index in [1.54, 1.807) is 17.9 Å². The van der Waals surface area contributed by atoms with Gasteiger partial charge in [-0.25, -0.2) is 0 Å². The van der Waals surface area contributed by atoms with Gasteiger partial charge in [0.2, 0.25) is 5.91 Å². The highest BCUT2D eigenvalue weighted by Crippen LogP contribution is 2.22. The lowest BCUT2D eigenvalue weighted by atomic mass is 10.1. The highest BCUT2D eigenvalue weighted by atomic mass is 16.6. The molecule has 2 rings (SSSR count). The van der Waals surface area contributed by atoms with Crippen LogP contribution >= 0.6 is 0 Å². The quantitative estimate of drug-likeness (QED) is 0.673. The molecule has 0 aliphatic carbocycles. The summed E-state index contributed by atoms with van der Waals surface area (Å²) >= 11 is 0. The van der Waals surface area contributed by atoms with Gasteiger partial charge in [-0.2, -0.15) is 5.26 Å². The van der Waals surface area contributed by atoms with Crippen molar-refractivity contribution in [1.82, 2.24) is 4.90 Å². The largest absolute Gasteiger partial charge is 0.374 e. The Balaban J connectivity index is 2.10. The van der Waals surface area contributed by atoms with E-state index in [2.05, 4.69) is 5.32 Å². The van der Waals surface area contributed by atoms with Crippen molar-refractivity contribution in [3.8, 4) is 6.07 Å². The second-order valence-corrected chi connectivity index (χ2v) is 5.00. The van der Waals surface area contributed by atoms with E-state index in [1.807, 2.05) is 0 Å². The average Bonchev–Trinajstić information content (AvgIpc) is 3.00. The molecule has 0 bridgehead atoms. The number of carbonyl (C=O) groups is 1. The van der Waals surface area contributed by atoms with Crippen molar-refractivity contribution in [2.24, 2.45) is 0 Å². The summed E-state index contributed by atoms with van der Waals surface area (Å²) in [7, 11) is 0. The van der Waals surface area contributed by atoms with Crippen LogP contribution in [0.25, 0.3) is 0 Å². The molecule has 1 N–H and O–H groups in total. The van der Waals surface area contributed by atoms with Crippen molar-refractivity contribution in [2.75, 3.05) is 18.4 Å². The summed E-state index contributed by atoms with van der Waals surface area (Å²) in [5.41, 5.74) is 0.268. The number of nitriles is 1. The van der Waals surface area contributed by atoms with E-state index in [4.69, 9.17) is 5.26 Å².